The standard InChI is InChI=1S/C27H26N2O5/c1-5-28(3)17-8-11-20-23(14-17)33-24-15-18(29(4)6-2)9-12-21(24)27(20)22-13-16(25(30)31)7-10-19(22)26(32)34-27/h7-15H,5-6H2,1-4H3,(H,30,31). The molecule has 0 aliphatic carbocycles. The largest absolute Gasteiger partial charge is 0.478 e. The first-order valence-electron chi connectivity index (χ1n) is 11.3. The minimum atomic E-state index is -1.30. The van der Waals surface area contributed by atoms with Crippen molar-refractivity contribution in [3.8, 4) is 11.5 Å². The van der Waals surface area contributed by atoms with Crippen LogP contribution in [-0.4, -0.2) is 44.2 Å². The molecule has 0 saturated carbocycles. The zero-order valence-corrected chi connectivity index (χ0v) is 19.6. The molecule has 0 bridgehead atoms. The van der Waals surface area contributed by atoms with Crippen molar-refractivity contribution in [2.75, 3.05) is 37.0 Å². The highest BCUT2D eigenvalue weighted by Gasteiger charge is 2.54. The molecule has 174 valence electrons. The smallest absolute Gasteiger partial charge is 0.340 e. The highest BCUT2D eigenvalue weighted by molar-refractivity contribution is 5.99. The fraction of sp³-hybridized carbons (Fsp3) is 0.259. The second-order valence-corrected chi connectivity index (χ2v) is 8.63. The minimum absolute atomic E-state index is 0.0932. The van der Waals surface area contributed by atoms with Crippen molar-refractivity contribution in [3.63, 3.8) is 0 Å². The van der Waals surface area contributed by atoms with E-state index >= 15 is 0 Å². The third-order valence-corrected chi connectivity index (χ3v) is 6.85. The van der Waals surface area contributed by atoms with Crippen LogP contribution in [0.15, 0.2) is 54.6 Å². The molecule has 1 N–H and O–H groups in total. The molecule has 0 amide bonds. The molecule has 7 nitrogen and oxygen atoms in total. The number of fused-ring (bicyclic) bond motifs is 6. The van der Waals surface area contributed by atoms with Gasteiger partial charge in [-0.25, -0.2) is 9.59 Å². The van der Waals surface area contributed by atoms with Crippen LogP contribution in [0.3, 0.4) is 0 Å². The van der Waals surface area contributed by atoms with Crippen molar-refractivity contribution in [3.05, 3.63) is 82.4 Å². The van der Waals surface area contributed by atoms with Crippen LogP contribution in [0.5, 0.6) is 11.5 Å². The van der Waals surface area contributed by atoms with Crippen molar-refractivity contribution in [1.29, 1.82) is 0 Å². The highest BCUT2D eigenvalue weighted by Crippen LogP contribution is 2.57. The molecule has 34 heavy (non-hydrogen) atoms. The van der Waals surface area contributed by atoms with E-state index in [-0.39, 0.29) is 5.56 Å². The average molecular weight is 459 g/mol. The van der Waals surface area contributed by atoms with Crippen molar-refractivity contribution < 1.29 is 24.2 Å². The Bertz CT molecular complexity index is 1270. The summed E-state index contributed by atoms with van der Waals surface area (Å²) >= 11 is 0. The first-order valence-corrected chi connectivity index (χ1v) is 11.3. The van der Waals surface area contributed by atoms with Crippen LogP contribution in [-0.2, 0) is 10.3 Å². The van der Waals surface area contributed by atoms with Crippen molar-refractivity contribution in [2.45, 2.75) is 19.4 Å². The molecule has 1 spiro atoms. The summed E-state index contributed by atoms with van der Waals surface area (Å²) in [6.45, 7) is 5.75. The number of nitrogens with zero attached hydrogens (tertiary/aromatic N) is 2. The van der Waals surface area contributed by atoms with Gasteiger partial charge in [0.25, 0.3) is 0 Å². The molecule has 0 fully saturated rings. The second-order valence-electron chi connectivity index (χ2n) is 8.63. The van der Waals surface area contributed by atoms with E-state index in [0.717, 1.165) is 24.5 Å². The number of carbonyl (C=O) groups is 2. The van der Waals surface area contributed by atoms with E-state index in [1.165, 1.54) is 12.1 Å². The zero-order valence-electron chi connectivity index (χ0n) is 19.6. The normalized spacial score (nSPS) is 14.5. The lowest BCUT2D eigenvalue weighted by molar-refractivity contribution is 0.0224. The van der Waals surface area contributed by atoms with E-state index in [2.05, 4.69) is 23.6 Å². The Morgan fingerprint density at radius 1 is 0.853 bits per heavy atom. The predicted molar refractivity (Wildman–Crippen MR) is 130 cm³/mol. The van der Waals surface area contributed by atoms with E-state index in [1.54, 1.807) is 6.07 Å². The lowest BCUT2D eigenvalue weighted by Crippen LogP contribution is -2.33. The SMILES string of the molecule is CCN(C)c1ccc2c(c1)Oc1cc(N(C)CC)ccc1C21OC(=O)c2ccc(C(=O)O)cc21. The molecule has 0 radical (unpaired) electrons. The number of anilines is 2. The molecule has 0 saturated heterocycles. The summed E-state index contributed by atoms with van der Waals surface area (Å²) < 4.78 is 12.6. The summed E-state index contributed by atoms with van der Waals surface area (Å²) in [5.41, 5.74) is 2.92. The number of rotatable bonds is 5. The molecule has 0 atom stereocenters. The lowest BCUT2D eigenvalue weighted by Gasteiger charge is -2.37. The minimum Gasteiger partial charge on any atom is -0.478 e. The number of esters is 1. The third-order valence-electron chi connectivity index (χ3n) is 6.85. The average Bonchev–Trinajstić information content (AvgIpc) is 3.14. The Balaban J connectivity index is 1.81. The monoisotopic (exact) mass is 458 g/mol. The summed E-state index contributed by atoms with van der Waals surface area (Å²) in [6, 6.07) is 16.1. The van der Waals surface area contributed by atoms with Crippen LogP contribution >= 0.6 is 0 Å². The number of benzene rings is 3. The fourth-order valence-corrected chi connectivity index (χ4v) is 4.67. The maximum atomic E-state index is 13.1. The van der Waals surface area contributed by atoms with E-state index in [0.29, 0.717) is 33.8 Å². The van der Waals surface area contributed by atoms with Crippen LogP contribution in [0.25, 0.3) is 0 Å². The number of hydrogen-bond donors (Lipinski definition) is 1. The molecule has 3 aromatic rings. The second kappa shape index (κ2) is 7.80. The maximum Gasteiger partial charge on any atom is 0.340 e. The van der Waals surface area contributed by atoms with Crippen LogP contribution in [0, 0.1) is 0 Å². The lowest BCUT2D eigenvalue weighted by atomic mass is 9.77. The molecular formula is C27H26N2O5. The maximum absolute atomic E-state index is 13.1. The molecule has 3 aromatic carbocycles. The topological polar surface area (TPSA) is 79.3 Å². The third kappa shape index (κ3) is 3.04. The van der Waals surface area contributed by atoms with Gasteiger partial charge in [-0.2, -0.15) is 0 Å². The number of ether oxygens (including phenoxy) is 2. The molecular weight excluding hydrogens is 432 g/mol. The van der Waals surface area contributed by atoms with Crippen LogP contribution in [0.2, 0.25) is 0 Å². The van der Waals surface area contributed by atoms with Gasteiger partial charge in [-0.15, -0.1) is 0 Å². The van der Waals surface area contributed by atoms with E-state index in [4.69, 9.17) is 9.47 Å². The summed E-state index contributed by atoms with van der Waals surface area (Å²) in [5, 5.41) is 9.65. The van der Waals surface area contributed by atoms with Gasteiger partial charge in [0, 0.05) is 67.4 Å². The Labute approximate surface area is 198 Å². The molecule has 2 heterocycles. The first kappa shape index (κ1) is 21.8. The van der Waals surface area contributed by atoms with Crippen molar-refractivity contribution in [2.24, 2.45) is 0 Å². The van der Waals surface area contributed by atoms with E-state index in [9.17, 15) is 14.7 Å². The Kier molecular flexibility index (Phi) is 5.01. The molecule has 0 unspecified atom stereocenters. The quantitative estimate of drug-likeness (QED) is 0.547. The predicted octanol–water partition coefficient (Wildman–Crippen LogP) is 4.87. The molecule has 7 heteroatoms. The van der Waals surface area contributed by atoms with Gasteiger partial charge < -0.3 is 24.4 Å². The van der Waals surface area contributed by atoms with Gasteiger partial charge in [-0.3, -0.25) is 0 Å². The van der Waals surface area contributed by atoms with Crippen molar-refractivity contribution >= 4 is 23.3 Å². The number of carboxylic acids is 1. The van der Waals surface area contributed by atoms with Gasteiger partial charge in [-0.05, 0) is 56.3 Å². The summed E-state index contributed by atoms with van der Waals surface area (Å²) in [4.78, 5) is 29.0. The number of carbonyl (C=O) groups excluding carboxylic acids is 1. The Hall–Kier alpha value is -4.00. The van der Waals surface area contributed by atoms with Gasteiger partial charge >= 0.3 is 11.9 Å². The summed E-state index contributed by atoms with van der Waals surface area (Å²) in [5.74, 6) is -0.411. The molecule has 2 aliphatic rings. The van der Waals surface area contributed by atoms with Crippen molar-refractivity contribution in [1.82, 2.24) is 0 Å². The summed E-state index contributed by atoms with van der Waals surface area (Å²) in [6.07, 6.45) is 0. The zero-order chi connectivity index (χ0) is 24.2. The highest BCUT2D eigenvalue weighted by atomic mass is 16.6. The molecule has 0 aromatic heterocycles. The summed E-state index contributed by atoms with van der Waals surface area (Å²) in [7, 11) is 3.99. The first-order chi connectivity index (χ1) is 16.3. The van der Waals surface area contributed by atoms with E-state index < -0.39 is 17.5 Å². The number of carboxylic acid groups (broad SMARTS) is 1. The van der Waals surface area contributed by atoms with Gasteiger partial charge in [-0.1, -0.05) is 0 Å². The number of aromatic carboxylic acids is 1. The molecule has 5 rings (SSSR count). The van der Waals surface area contributed by atoms with Crippen LogP contribution in [0.1, 0.15) is 51.3 Å². The van der Waals surface area contributed by atoms with E-state index in [1.807, 2.05) is 50.5 Å². The van der Waals surface area contributed by atoms with Crippen LogP contribution < -0.4 is 14.5 Å². The van der Waals surface area contributed by atoms with Crippen LogP contribution in [0.4, 0.5) is 11.4 Å². The Morgan fingerprint density at radius 3 is 1.91 bits per heavy atom. The van der Waals surface area contributed by atoms with Gasteiger partial charge in [0.1, 0.15) is 11.5 Å². The van der Waals surface area contributed by atoms with Gasteiger partial charge in [0.05, 0.1) is 11.1 Å². The van der Waals surface area contributed by atoms with Gasteiger partial charge in [0.15, 0.2) is 5.60 Å². The van der Waals surface area contributed by atoms with Gasteiger partial charge in [0.2, 0.25) is 0 Å². The number of hydrogen-bond acceptors (Lipinski definition) is 6. The molecule has 2 aliphatic heterocycles. The Morgan fingerprint density at radius 2 is 1.41 bits per heavy atom. The fourth-order valence-electron chi connectivity index (χ4n) is 4.67.